The molecule has 2 rings (SSSR count). The quantitative estimate of drug-likeness (QED) is 0.569. The third-order valence-corrected chi connectivity index (χ3v) is 3.99. The van der Waals surface area contributed by atoms with Crippen molar-refractivity contribution in [2.24, 2.45) is 0 Å². The monoisotopic (exact) mass is 292 g/mol. The van der Waals surface area contributed by atoms with E-state index in [2.05, 4.69) is 29.5 Å². The Labute approximate surface area is 125 Å². The highest BCUT2D eigenvalue weighted by molar-refractivity contribution is 5.76. The Morgan fingerprint density at radius 2 is 2.00 bits per heavy atom. The second-order valence-electron chi connectivity index (χ2n) is 5.62. The second kappa shape index (κ2) is 6.76. The SMILES string of the molecule is CCNc1cccc(NCC(C)N(C)C2CC2)c1[N+](=O)[O-]. The molecule has 6 heteroatoms. The molecule has 116 valence electrons. The molecule has 0 aromatic heterocycles. The van der Waals surface area contributed by atoms with Gasteiger partial charge in [0.25, 0.3) is 0 Å². The minimum absolute atomic E-state index is 0.126. The van der Waals surface area contributed by atoms with Crippen molar-refractivity contribution in [3.63, 3.8) is 0 Å². The van der Waals surface area contributed by atoms with E-state index >= 15 is 0 Å². The molecule has 2 N–H and O–H groups in total. The molecule has 0 radical (unpaired) electrons. The lowest BCUT2D eigenvalue weighted by molar-refractivity contribution is -0.383. The molecule has 1 aliphatic rings. The molecule has 0 aliphatic heterocycles. The minimum atomic E-state index is -0.324. The maximum Gasteiger partial charge on any atom is 0.315 e. The number of nitrogens with zero attached hydrogens (tertiary/aromatic N) is 2. The zero-order valence-electron chi connectivity index (χ0n) is 12.9. The molecule has 6 nitrogen and oxygen atoms in total. The fourth-order valence-electron chi connectivity index (χ4n) is 2.46. The van der Waals surface area contributed by atoms with Crippen molar-refractivity contribution in [3.05, 3.63) is 28.3 Å². The Morgan fingerprint density at radius 1 is 1.38 bits per heavy atom. The van der Waals surface area contributed by atoms with E-state index in [-0.39, 0.29) is 10.6 Å². The summed E-state index contributed by atoms with van der Waals surface area (Å²) in [6.45, 7) is 5.43. The van der Waals surface area contributed by atoms with E-state index < -0.39 is 0 Å². The maximum absolute atomic E-state index is 11.3. The van der Waals surface area contributed by atoms with E-state index in [9.17, 15) is 10.1 Å². The van der Waals surface area contributed by atoms with Crippen LogP contribution in [0.1, 0.15) is 26.7 Å². The molecule has 1 aliphatic carbocycles. The average Bonchev–Trinajstić information content (AvgIpc) is 3.28. The highest BCUT2D eigenvalue weighted by atomic mass is 16.6. The van der Waals surface area contributed by atoms with Gasteiger partial charge in [-0.3, -0.25) is 15.0 Å². The van der Waals surface area contributed by atoms with E-state index in [0.29, 0.717) is 36.5 Å². The third kappa shape index (κ3) is 3.85. The fraction of sp³-hybridized carbons (Fsp3) is 0.600. The molecule has 1 atom stereocenters. The van der Waals surface area contributed by atoms with Gasteiger partial charge in [-0.2, -0.15) is 0 Å². The molecule has 0 spiro atoms. The zero-order valence-corrected chi connectivity index (χ0v) is 12.9. The zero-order chi connectivity index (χ0) is 15.4. The summed E-state index contributed by atoms with van der Waals surface area (Å²) in [6.07, 6.45) is 2.52. The predicted octanol–water partition coefficient (Wildman–Crippen LogP) is 2.92. The van der Waals surface area contributed by atoms with Gasteiger partial charge < -0.3 is 10.6 Å². The van der Waals surface area contributed by atoms with E-state index in [4.69, 9.17) is 0 Å². The van der Waals surface area contributed by atoms with Crippen LogP contribution in [0.5, 0.6) is 0 Å². The maximum atomic E-state index is 11.3. The van der Waals surface area contributed by atoms with Crippen LogP contribution in [0.2, 0.25) is 0 Å². The molecule has 0 amide bonds. The first-order valence-electron chi connectivity index (χ1n) is 7.51. The fourth-order valence-corrected chi connectivity index (χ4v) is 2.46. The van der Waals surface area contributed by atoms with Crippen molar-refractivity contribution >= 4 is 17.1 Å². The number of para-hydroxylation sites is 1. The Morgan fingerprint density at radius 3 is 2.52 bits per heavy atom. The Kier molecular flexibility index (Phi) is 5.01. The highest BCUT2D eigenvalue weighted by Crippen LogP contribution is 2.33. The van der Waals surface area contributed by atoms with Gasteiger partial charge in [-0.1, -0.05) is 6.07 Å². The molecular formula is C15H24N4O2. The molecule has 1 saturated carbocycles. The van der Waals surface area contributed by atoms with Crippen LogP contribution in [0.25, 0.3) is 0 Å². The molecule has 1 fully saturated rings. The van der Waals surface area contributed by atoms with Crippen LogP contribution in [-0.2, 0) is 0 Å². The molecule has 1 aromatic rings. The first-order valence-corrected chi connectivity index (χ1v) is 7.51. The summed E-state index contributed by atoms with van der Waals surface area (Å²) in [5.74, 6) is 0. The molecule has 0 saturated heterocycles. The number of anilines is 2. The normalized spacial score (nSPS) is 15.8. The van der Waals surface area contributed by atoms with Gasteiger partial charge in [0.15, 0.2) is 0 Å². The summed E-state index contributed by atoms with van der Waals surface area (Å²) < 4.78 is 0. The van der Waals surface area contributed by atoms with Crippen LogP contribution in [0, 0.1) is 10.1 Å². The smallest absolute Gasteiger partial charge is 0.315 e. The van der Waals surface area contributed by atoms with Crippen molar-refractivity contribution < 1.29 is 4.92 Å². The van der Waals surface area contributed by atoms with Crippen LogP contribution < -0.4 is 10.6 Å². The molecule has 1 unspecified atom stereocenters. The lowest BCUT2D eigenvalue weighted by Gasteiger charge is -2.25. The van der Waals surface area contributed by atoms with Gasteiger partial charge in [0, 0.05) is 25.2 Å². The first kappa shape index (κ1) is 15.6. The van der Waals surface area contributed by atoms with Crippen LogP contribution in [0.4, 0.5) is 17.1 Å². The van der Waals surface area contributed by atoms with Crippen molar-refractivity contribution in [2.45, 2.75) is 38.8 Å². The largest absolute Gasteiger partial charge is 0.380 e. The molecular weight excluding hydrogens is 268 g/mol. The van der Waals surface area contributed by atoms with Crippen molar-refractivity contribution in [3.8, 4) is 0 Å². The lowest BCUT2D eigenvalue weighted by Crippen LogP contribution is -2.36. The molecule has 21 heavy (non-hydrogen) atoms. The average molecular weight is 292 g/mol. The van der Waals surface area contributed by atoms with Crippen LogP contribution in [0.3, 0.4) is 0 Å². The lowest BCUT2D eigenvalue weighted by atomic mass is 10.2. The minimum Gasteiger partial charge on any atom is -0.380 e. The van der Waals surface area contributed by atoms with Crippen molar-refractivity contribution in [2.75, 3.05) is 30.8 Å². The number of hydrogen-bond acceptors (Lipinski definition) is 5. The Bertz CT molecular complexity index is 502. The van der Waals surface area contributed by atoms with E-state index in [1.54, 1.807) is 12.1 Å². The van der Waals surface area contributed by atoms with Crippen molar-refractivity contribution in [1.82, 2.24) is 4.90 Å². The molecule has 0 heterocycles. The van der Waals surface area contributed by atoms with Gasteiger partial charge in [-0.25, -0.2) is 0 Å². The van der Waals surface area contributed by atoms with Gasteiger partial charge in [-0.15, -0.1) is 0 Å². The Balaban J connectivity index is 2.07. The van der Waals surface area contributed by atoms with Gasteiger partial charge in [-0.05, 0) is 45.9 Å². The summed E-state index contributed by atoms with van der Waals surface area (Å²) in [4.78, 5) is 13.3. The van der Waals surface area contributed by atoms with E-state index in [1.807, 2.05) is 13.0 Å². The van der Waals surface area contributed by atoms with Gasteiger partial charge in [0.2, 0.25) is 0 Å². The van der Waals surface area contributed by atoms with Crippen molar-refractivity contribution in [1.29, 1.82) is 0 Å². The number of hydrogen-bond donors (Lipinski definition) is 2. The predicted molar refractivity (Wildman–Crippen MR) is 86.0 cm³/mol. The van der Waals surface area contributed by atoms with Gasteiger partial charge in [0.1, 0.15) is 11.4 Å². The second-order valence-corrected chi connectivity index (χ2v) is 5.62. The number of benzene rings is 1. The summed E-state index contributed by atoms with van der Waals surface area (Å²) in [5, 5.41) is 17.6. The summed E-state index contributed by atoms with van der Waals surface area (Å²) in [5.41, 5.74) is 1.27. The standard InChI is InChI=1S/C15H24N4O2/c1-4-16-13-6-5-7-14(15(13)19(20)21)17-10-11(2)18(3)12-8-9-12/h5-7,11-12,16-17H,4,8-10H2,1-3H3. The van der Waals surface area contributed by atoms with Crippen LogP contribution in [-0.4, -0.2) is 42.0 Å². The number of nitrogens with one attached hydrogen (secondary N) is 2. The number of rotatable bonds is 8. The Hall–Kier alpha value is -1.82. The summed E-state index contributed by atoms with van der Waals surface area (Å²) >= 11 is 0. The highest BCUT2D eigenvalue weighted by Gasteiger charge is 2.29. The van der Waals surface area contributed by atoms with E-state index in [1.165, 1.54) is 12.8 Å². The molecule has 0 bridgehead atoms. The number of nitro groups is 1. The number of likely N-dealkylation sites (N-methyl/N-ethyl adjacent to an activating group) is 1. The number of nitro benzene ring substituents is 1. The topological polar surface area (TPSA) is 70.4 Å². The van der Waals surface area contributed by atoms with Crippen LogP contribution in [0.15, 0.2) is 18.2 Å². The van der Waals surface area contributed by atoms with E-state index in [0.717, 1.165) is 0 Å². The summed E-state index contributed by atoms with van der Waals surface area (Å²) in [7, 11) is 2.12. The van der Waals surface area contributed by atoms with Gasteiger partial charge >= 0.3 is 5.69 Å². The first-order chi connectivity index (χ1) is 10.0. The summed E-state index contributed by atoms with van der Waals surface area (Å²) in [6, 6.07) is 6.38. The van der Waals surface area contributed by atoms with Crippen LogP contribution >= 0.6 is 0 Å². The molecule has 1 aromatic carbocycles. The van der Waals surface area contributed by atoms with Gasteiger partial charge in [0.05, 0.1) is 4.92 Å². The third-order valence-electron chi connectivity index (χ3n) is 3.99.